The van der Waals surface area contributed by atoms with Crippen LogP contribution in [-0.2, 0) is 19.1 Å². The minimum absolute atomic E-state index is 0.773. The highest BCUT2D eigenvalue weighted by Crippen LogP contribution is 2.48. The summed E-state index contributed by atoms with van der Waals surface area (Å²) in [5, 5.41) is 0. The van der Waals surface area contributed by atoms with E-state index in [1.807, 2.05) is 0 Å². The summed E-state index contributed by atoms with van der Waals surface area (Å²) in [5.74, 6) is -27.9. The molecule has 0 heterocycles. The van der Waals surface area contributed by atoms with Crippen molar-refractivity contribution in [3.05, 3.63) is 0 Å². The molecule has 0 amide bonds. The molecule has 4 nitrogen and oxygen atoms in total. The van der Waals surface area contributed by atoms with Crippen molar-refractivity contribution < 1.29 is 76.1 Å². The molecule has 0 aliphatic heterocycles. The maximum atomic E-state index is 13.1. The Balaban J connectivity index is 4.52. The van der Waals surface area contributed by atoms with Crippen molar-refractivity contribution >= 4 is 11.9 Å². The van der Waals surface area contributed by atoms with Gasteiger partial charge in [0.15, 0.2) is 13.2 Å². The molecule has 0 N–H and O–H groups in total. The molecule has 0 unspecified atom stereocenters. The van der Waals surface area contributed by atoms with Crippen molar-refractivity contribution in [1.82, 2.24) is 0 Å². The fourth-order valence-electron chi connectivity index (χ4n) is 1.42. The van der Waals surface area contributed by atoms with Gasteiger partial charge in [-0.25, -0.2) is 8.78 Å². The molecule has 0 atom stereocenters. The number of hydrogen-bond donors (Lipinski definition) is 0. The van der Waals surface area contributed by atoms with Crippen LogP contribution in [0.4, 0.5) is 57.1 Å². The largest absolute Gasteiger partial charge is 0.459 e. The Labute approximate surface area is 158 Å². The van der Waals surface area contributed by atoms with Crippen molar-refractivity contribution in [2.24, 2.45) is 0 Å². The summed E-state index contributed by atoms with van der Waals surface area (Å²) in [6, 6.07) is 0. The zero-order valence-corrected chi connectivity index (χ0v) is 14.2. The fraction of sp³-hybridized carbons (Fsp3) is 0.846. The number of ether oxygens (including phenoxy) is 2. The van der Waals surface area contributed by atoms with Crippen LogP contribution in [0, 0.1) is 0 Å². The van der Waals surface area contributed by atoms with Crippen LogP contribution in [0.15, 0.2) is 0 Å². The molecule has 0 aliphatic rings. The minimum Gasteiger partial charge on any atom is -0.459 e. The molecule has 0 bridgehead atoms. The Kier molecular flexibility index (Phi) is 8.83. The van der Waals surface area contributed by atoms with E-state index in [9.17, 15) is 66.7 Å². The van der Waals surface area contributed by atoms with Crippen molar-refractivity contribution in [3.8, 4) is 0 Å². The predicted octanol–water partition coefficient (Wildman–Crippen LogP) is 4.61. The van der Waals surface area contributed by atoms with Crippen LogP contribution >= 0.6 is 0 Å². The first kappa shape index (κ1) is 28.0. The van der Waals surface area contributed by atoms with E-state index in [-0.39, 0.29) is 0 Å². The van der Waals surface area contributed by atoms with Crippen LogP contribution in [0.3, 0.4) is 0 Å². The maximum Gasteiger partial charge on any atom is 0.456 e. The number of carbonyl (C=O) groups is 2. The van der Waals surface area contributed by atoms with E-state index in [2.05, 4.69) is 9.47 Å². The van der Waals surface area contributed by atoms with Gasteiger partial charge in [-0.3, -0.25) is 9.59 Å². The Hall–Kier alpha value is -1.97. The van der Waals surface area contributed by atoms with Gasteiger partial charge in [0, 0.05) is 12.8 Å². The number of carbonyl (C=O) groups excluding carboxylic acids is 2. The van der Waals surface area contributed by atoms with Crippen LogP contribution in [-0.4, -0.2) is 61.4 Å². The second kappa shape index (κ2) is 9.45. The van der Waals surface area contributed by atoms with Crippen LogP contribution in [0.25, 0.3) is 0 Å². The fourth-order valence-corrected chi connectivity index (χ4v) is 1.42. The van der Waals surface area contributed by atoms with Gasteiger partial charge < -0.3 is 9.47 Å². The zero-order valence-electron chi connectivity index (χ0n) is 14.2. The molecule has 0 aromatic carbocycles. The second-order valence-corrected chi connectivity index (χ2v) is 5.58. The van der Waals surface area contributed by atoms with E-state index in [1.165, 1.54) is 0 Å². The number of hydrogen-bond acceptors (Lipinski definition) is 4. The zero-order chi connectivity index (χ0) is 24.2. The minimum atomic E-state index is -6.61. The van der Waals surface area contributed by atoms with Crippen molar-refractivity contribution in [1.29, 1.82) is 0 Å². The Morgan fingerprint density at radius 1 is 0.667 bits per heavy atom. The van der Waals surface area contributed by atoms with E-state index in [4.69, 9.17) is 0 Å². The standard InChI is InChI=1S/C13H11F13O4/c14-8(15)11(20,21)12(22,23)9(16,17)4-29-6(27)2-1-3-7(28)30-5-10(18,19)13(24,25)26/h8H,1-5H2. The number of esters is 2. The molecule has 0 spiro atoms. The third-order valence-electron chi connectivity index (χ3n) is 3.16. The number of alkyl halides is 13. The highest BCUT2D eigenvalue weighted by atomic mass is 19.4. The van der Waals surface area contributed by atoms with Gasteiger partial charge in [0.05, 0.1) is 0 Å². The van der Waals surface area contributed by atoms with Gasteiger partial charge in [0.25, 0.3) is 0 Å². The molecular formula is C13H11F13O4. The lowest BCUT2D eigenvalue weighted by Crippen LogP contribution is -2.59. The summed E-state index contributed by atoms with van der Waals surface area (Å²) in [6.45, 7) is -5.14. The molecular weight excluding hydrogens is 467 g/mol. The Morgan fingerprint density at radius 3 is 1.37 bits per heavy atom. The van der Waals surface area contributed by atoms with E-state index in [0.717, 1.165) is 0 Å². The Bertz CT molecular complexity index is 600. The third-order valence-corrected chi connectivity index (χ3v) is 3.16. The van der Waals surface area contributed by atoms with E-state index >= 15 is 0 Å². The topological polar surface area (TPSA) is 52.6 Å². The van der Waals surface area contributed by atoms with Crippen LogP contribution in [0.1, 0.15) is 19.3 Å². The monoisotopic (exact) mass is 478 g/mol. The summed E-state index contributed by atoms with van der Waals surface area (Å²) in [4.78, 5) is 22.0. The normalized spacial score (nSPS) is 14.1. The molecule has 0 fully saturated rings. The quantitative estimate of drug-likeness (QED) is 0.322. The molecule has 0 aliphatic carbocycles. The lowest BCUT2D eigenvalue weighted by atomic mass is 10.1. The average molecular weight is 478 g/mol. The predicted molar refractivity (Wildman–Crippen MR) is 67.6 cm³/mol. The summed E-state index contributed by atoms with van der Waals surface area (Å²) in [6.07, 6.45) is -14.1. The second-order valence-electron chi connectivity index (χ2n) is 5.58. The van der Waals surface area contributed by atoms with Gasteiger partial charge in [0.1, 0.15) is 0 Å². The first-order valence-electron chi connectivity index (χ1n) is 7.36. The molecule has 0 radical (unpaired) electrons. The first-order valence-corrected chi connectivity index (χ1v) is 7.36. The average Bonchev–Trinajstić information content (AvgIpc) is 2.56. The van der Waals surface area contributed by atoms with E-state index < -0.39 is 80.7 Å². The first-order chi connectivity index (χ1) is 13.2. The van der Waals surface area contributed by atoms with Gasteiger partial charge in [-0.15, -0.1) is 0 Å². The number of rotatable bonds is 11. The highest BCUT2D eigenvalue weighted by Gasteiger charge is 2.75. The molecule has 0 aromatic rings. The molecule has 0 aromatic heterocycles. The lowest BCUT2D eigenvalue weighted by Gasteiger charge is -2.31. The highest BCUT2D eigenvalue weighted by molar-refractivity contribution is 5.72. The van der Waals surface area contributed by atoms with Crippen LogP contribution < -0.4 is 0 Å². The SMILES string of the molecule is O=C(CCCC(=O)OCC(F)(F)C(F)(F)C(F)(F)C(F)F)OCC(F)(F)C(F)(F)F. The van der Waals surface area contributed by atoms with E-state index in [0.29, 0.717) is 0 Å². The maximum absolute atomic E-state index is 13.1. The van der Waals surface area contributed by atoms with Gasteiger partial charge in [0.2, 0.25) is 0 Å². The van der Waals surface area contributed by atoms with Crippen molar-refractivity contribution in [2.75, 3.05) is 13.2 Å². The molecule has 30 heavy (non-hydrogen) atoms. The number of halogens is 13. The van der Waals surface area contributed by atoms with Gasteiger partial charge in [-0.1, -0.05) is 0 Å². The smallest absolute Gasteiger partial charge is 0.456 e. The van der Waals surface area contributed by atoms with Crippen LogP contribution in [0.5, 0.6) is 0 Å². The Morgan fingerprint density at radius 2 is 1.03 bits per heavy atom. The lowest BCUT2D eigenvalue weighted by molar-refractivity contribution is -0.344. The van der Waals surface area contributed by atoms with Gasteiger partial charge >= 0.3 is 48.2 Å². The molecule has 0 saturated carbocycles. The molecule has 178 valence electrons. The summed E-state index contributed by atoms with van der Waals surface area (Å²) < 4.78 is 168. The molecule has 0 rings (SSSR count). The van der Waals surface area contributed by atoms with E-state index in [1.54, 1.807) is 0 Å². The summed E-state index contributed by atoms with van der Waals surface area (Å²) in [5.41, 5.74) is 0. The summed E-state index contributed by atoms with van der Waals surface area (Å²) >= 11 is 0. The molecule has 0 saturated heterocycles. The summed E-state index contributed by atoms with van der Waals surface area (Å²) in [7, 11) is 0. The van der Waals surface area contributed by atoms with Gasteiger partial charge in [-0.2, -0.15) is 48.3 Å². The van der Waals surface area contributed by atoms with Gasteiger partial charge in [-0.05, 0) is 6.42 Å². The third kappa shape index (κ3) is 6.78. The van der Waals surface area contributed by atoms with Crippen LogP contribution in [0.2, 0.25) is 0 Å². The van der Waals surface area contributed by atoms with Crippen molar-refractivity contribution in [2.45, 2.75) is 55.6 Å². The van der Waals surface area contributed by atoms with Crippen molar-refractivity contribution in [3.63, 3.8) is 0 Å². The molecule has 17 heteroatoms.